The van der Waals surface area contributed by atoms with Crippen LogP contribution in [0.3, 0.4) is 0 Å². The van der Waals surface area contributed by atoms with Crippen molar-refractivity contribution in [3.63, 3.8) is 0 Å². The van der Waals surface area contributed by atoms with E-state index in [1.54, 1.807) is 31.2 Å². The molecule has 0 aliphatic carbocycles. The Bertz CT molecular complexity index is 8060. The lowest BCUT2D eigenvalue weighted by molar-refractivity contribution is 0.464. The molecule has 6 aliphatic heterocycles. The van der Waals surface area contributed by atoms with Gasteiger partial charge in [0.05, 0.1) is 22.7 Å². The minimum Gasteiger partial charge on any atom is -0.458 e. The van der Waals surface area contributed by atoms with E-state index in [9.17, 15) is 0 Å². The molecule has 141 heavy (non-hydrogen) atoms. The number of fused-ring (bicyclic) bond motifs is 14. The van der Waals surface area contributed by atoms with E-state index >= 15 is 79.0 Å². The van der Waals surface area contributed by atoms with Crippen LogP contribution in [-0.2, 0) is 5.41 Å². The van der Waals surface area contributed by atoms with Crippen molar-refractivity contribution >= 4 is 209 Å². The maximum absolute atomic E-state index is 18.4. The number of nitrogens with zero attached hydrogens (tertiary/aromatic N) is 6. The molecule has 8 heterocycles. The van der Waals surface area contributed by atoms with E-state index in [-0.39, 0.29) is 112 Å². The highest BCUT2D eigenvalue weighted by Crippen LogP contribution is 2.58. The van der Waals surface area contributed by atoms with Crippen LogP contribution in [0.5, 0.6) is 34.5 Å². The van der Waals surface area contributed by atoms with E-state index in [0.29, 0.717) is 45.6 Å². The molecule has 9 nitrogen and oxygen atoms in total. The average Bonchev–Trinajstić information content (AvgIpc) is 1.66. The molecule has 0 amide bonds. The van der Waals surface area contributed by atoms with Gasteiger partial charge in [0, 0.05) is 88.7 Å². The Morgan fingerprint density at radius 1 is 0.319 bits per heavy atom. The van der Waals surface area contributed by atoms with Crippen molar-refractivity contribution in [2.75, 3.05) is 29.4 Å². The smallest absolute Gasteiger partial charge is 0.268 e. The topological polar surface area (TPSA) is 47.1 Å². The van der Waals surface area contributed by atoms with Gasteiger partial charge in [0.1, 0.15) is 190 Å². The summed E-state index contributed by atoms with van der Waals surface area (Å²) in [6, 6.07) is 43.8. The van der Waals surface area contributed by atoms with Crippen LogP contribution in [0.25, 0.3) is 16.2 Å². The van der Waals surface area contributed by atoms with Crippen LogP contribution in [0.15, 0.2) is 261 Å². The van der Waals surface area contributed by atoms with Gasteiger partial charge < -0.3 is 28.9 Å². The molecule has 0 radical (unpaired) electrons. The van der Waals surface area contributed by atoms with Gasteiger partial charge >= 0.3 is 0 Å². The molecular weight excluding hydrogens is 1880 g/mol. The largest absolute Gasteiger partial charge is 0.458 e. The molecule has 2 aromatic heterocycles. The summed E-state index contributed by atoms with van der Waals surface area (Å²) in [6.07, 6.45) is 3.49. The molecule has 0 spiro atoms. The number of benzene rings is 15. The summed E-state index contributed by atoms with van der Waals surface area (Å²) >= 11 is 2.37. The Morgan fingerprint density at radius 2 is 0.645 bits per heavy atom. The molecule has 0 atom stereocenters. The lowest BCUT2D eigenvalue weighted by Crippen LogP contribution is -2.64. The van der Waals surface area contributed by atoms with Crippen LogP contribution < -0.4 is 91.4 Å². The Balaban J connectivity index is 0.858. The van der Waals surface area contributed by atoms with Crippen molar-refractivity contribution < 1.29 is 93.2 Å². The zero-order valence-electron chi connectivity index (χ0n) is 74.7. The lowest BCUT2D eigenvalue weighted by Gasteiger charge is -2.45. The summed E-state index contributed by atoms with van der Waals surface area (Å²) < 4.78 is 339. The second-order valence-corrected chi connectivity index (χ2v) is 39.1. The summed E-state index contributed by atoms with van der Waals surface area (Å²) in [5, 5.41) is 0.521. The van der Waals surface area contributed by atoms with Crippen LogP contribution in [0.4, 0.5) is 181 Å². The van der Waals surface area contributed by atoms with Gasteiger partial charge in [-0.25, -0.2) is 79.0 Å². The average molecular weight is 1950 g/mol. The first-order chi connectivity index (χ1) is 67.5. The summed E-state index contributed by atoms with van der Waals surface area (Å²) in [4.78, 5) is 5.57. The summed E-state index contributed by atoms with van der Waals surface area (Å²) in [5.74, 6) is -25.0. The monoisotopic (exact) mass is 1940 g/mol. The lowest BCUT2D eigenvalue weighted by atomic mass is 9.31. The molecule has 23 rings (SSSR count). The van der Waals surface area contributed by atoms with Crippen LogP contribution in [0, 0.1) is 117 Å². The third-order valence-electron chi connectivity index (χ3n) is 26.7. The molecule has 0 bridgehead atoms. The van der Waals surface area contributed by atoms with Crippen LogP contribution in [-0.4, -0.2) is 20.1 Å². The molecule has 0 saturated carbocycles. The van der Waals surface area contributed by atoms with E-state index < -0.39 is 204 Å². The molecule has 0 fully saturated rings. The zero-order chi connectivity index (χ0) is 98.3. The molecular formula is C109H65B3F18N6O3S2. The van der Waals surface area contributed by atoms with Gasteiger partial charge in [0.15, 0.2) is 0 Å². The van der Waals surface area contributed by atoms with Gasteiger partial charge in [-0.3, -0.25) is 14.7 Å². The molecule has 32 heteroatoms. The number of hydrogen-bond acceptors (Lipinski definition) is 11. The van der Waals surface area contributed by atoms with Crippen molar-refractivity contribution in [3.8, 4) is 34.5 Å². The zero-order valence-corrected chi connectivity index (χ0v) is 76.3. The Kier molecular flexibility index (Phi) is 20.7. The number of thiophene rings is 2. The van der Waals surface area contributed by atoms with E-state index in [1.807, 2.05) is 59.7 Å². The van der Waals surface area contributed by atoms with Gasteiger partial charge in [0.2, 0.25) is 0 Å². The van der Waals surface area contributed by atoms with Gasteiger partial charge in [-0.2, -0.15) is 0 Å². The standard InChI is InChI=1S/C109H65B3F18N6O3S2/c1-51(108(3,4)5)36-38-90-52(2)95-106(140-90)111-58-47-60-85(49-80(58)134(102-74(125)30-15-31-75(102)126)82-41-54(42-83(92(82)111)136(95)104-78(129)34-17-35-79(104)130)131(96-62(113)18-9-19-63(96)114)97-64(115)20-10-21-65(97)116)137-88-45-56(133(100-70(121)26-13-27-71(100)122)101-72(123)28-14-29-73(101)124)46-89-94(88)110(60)61-48-59-81(50-86(61)138-89)135(103-76(127)32-16-33-77(103)128)84-43-55(132(98-66(117)22-11-23-67(98)118)99-68(119)24-12-25-69(99)120)44-87-93(84)112(59)107-105(139-87)57-40-53(109(6,7)8)37-39-91(57)141-107/h9-50H,1H2,2-8H3/b38-36-. The van der Waals surface area contributed by atoms with Crippen molar-refractivity contribution in [1.82, 2.24) is 0 Å². The van der Waals surface area contributed by atoms with Gasteiger partial charge in [0.25, 0.3) is 20.1 Å². The number of halogens is 18. The van der Waals surface area contributed by atoms with Crippen LogP contribution in [0.1, 0.15) is 57.5 Å². The number of anilines is 18. The maximum Gasteiger partial charge on any atom is 0.268 e. The Labute approximate surface area is 802 Å². The summed E-state index contributed by atoms with van der Waals surface area (Å²) in [7, 11) is 0. The highest BCUT2D eigenvalue weighted by Gasteiger charge is 2.54. The second-order valence-electron chi connectivity index (χ2n) is 36.9. The van der Waals surface area contributed by atoms with Crippen LogP contribution >= 0.6 is 22.7 Å². The van der Waals surface area contributed by atoms with E-state index in [2.05, 4.69) is 6.58 Å². The molecule has 696 valence electrons. The Morgan fingerprint density at radius 3 is 1.01 bits per heavy atom. The molecule has 6 aliphatic rings. The number of allylic oxidation sites excluding steroid dienone is 2. The SMILES string of the molecule is C=C(/C=C\c1sc2c(c1C)N(c1c(F)cccc1F)c1cc(N(c3c(F)cccc3F)c3c(F)cccc3F)cc3c1B2c1cc2c(cc1N3c1c(F)cccc1F)Oc1cc(N(c3c(F)cccc3F)c3c(F)cccc3F)cc3c1B2c1cc2c(cc1O3)N(c1c(F)cccc1F)c1cc(N(c3c(F)cccc3F)c3c(F)cccc3F)cc3c1B2c1sc2ccc(C(C)(C)C)cc2c1O3)C(C)(C)C. The molecule has 0 saturated heterocycles. The fourth-order valence-corrected chi connectivity index (χ4v) is 22.8. The Hall–Kier alpha value is -15.4. The van der Waals surface area contributed by atoms with Crippen molar-refractivity contribution in [2.45, 2.75) is 53.9 Å². The normalized spacial score (nSPS) is 13.4. The number of rotatable bonds is 14. The number of ether oxygens (including phenoxy) is 3. The molecule has 17 aromatic rings. The van der Waals surface area contributed by atoms with Crippen molar-refractivity contribution in [3.05, 3.63) is 382 Å². The quantitative estimate of drug-likeness (QED) is 0.0602. The maximum atomic E-state index is 18.4. The molecule has 0 unspecified atom stereocenters. The van der Waals surface area contributed by atoms with Crippen molar-refractivity contribution in [2.24, 2.45) is 5.41 Å². The summed E-state index contributed by atoms with van der Waals surface area (Å²) in [6.45, 7) is 13.6. The van der Waals surface area contributed by atoms with E-state index in [1.165, 1.54) is 58.7 Å². The van der Waals surface area contributed by atoms with Crippen molar-refractivity contribution in [1.29, 1.82) is 0 Å². The molecule has 0 N–H and O–H groups in total. The fraction of sp³-hybridized carbons (Fsp3) is 0.0826. The molecule has 15 aromatic carbocycles. The van der Waals surface area contributed by atoms with Gasteiger partial charge in [-0.05, 0) is 213 Å². The minimum absolute atomic E-state index is 0.0358. The fourth-order valence-electron chi connectivity index (χ4n) is 20.2. The van der Waals surface area contributed by atoms with E-state index in [4.69, 9.17) is 14.2 Å². The second kappa shape index (κ2) is 32.6. The summed E-state index contributed by atoms with van der Waals surface area (Å²) in [5.41, 5.74) is -10.5. The predicted molar refractivity (Wildman–Crippen MR) is 522 cm³/mol. The number of hydrogen-bond donors (Lipinski definition) is 0. The van der Waals surface area contributed by atoms with E-state index in [0.717, 1.165) is 197 Å². The highest BCUT2D eigenvalue weighted by atomic mass is 32.1. The minimum atomic E-state index is -1.45. The first-order valence-corrected chi connectivity index (χ1v) is 45.9. The predicted octanol–water partition coefficient (Wildman–Crippen LogP) is 27.3. The third-order valence-corrected chi connectivity index (χ3v) is 29.2. The van der Waals surface area contributed by atoms with Gasteiger partial charge in [-0.15, -0.1) is 22.7 Å². The number of para-hydroxylation sites is 9. The highest BCUT2D eigenvalue weighted by molar-refractivity contribution is 7.33. The first-order valence-electron chi connectivity index (χ1n) is 44.3. The van der Waals surface area contributed by atoms with Crippen LogP contribution in [0.2, 0.25) is 0 Å². The first kappa shape index (κ1) is 89.5. The third kappa shape index (κ3) is 13.8. The van der Waals surface area contributed by atoms with Gasteiger partial charge in [-0.1, -0.05) is 127 Å².